The molecule has 8 heteroatoms. The van der Waals surface area contributed by atoms with Gasteiger partial charge in [0.15, 0.2) is 5.96 Å². The van der Waals surface area contributed by atoms with Crippen LogP contribution in [-0.2, 0) is 11.3 Å². The van der Waals surface area contributed by atoms with Gasteiger partial charge in [0.2, 0.25) is 0 Å². The van der Waals surface area contributed by atoms with Crippen molar-refractivity contribution in [3.05, 3.63) is 35.4 Å². The van der Waals surface area contributed by atoms with Crippen molar-refractivity contribution in [3.63, 3.8) is 0 Å². The number of nitrogens with one attached hydrogen (secondary N) is 2. The van der Waals surface area contributed by atoms with Crippen molar-refractivity contribution in [1.82, 2.24) is 15.5 Å². The van der Waals surface area contributed by atoms with Gasteiger partial charge in [-0.25, -0.2) is 0 Å². The van der Waals surface area contributed by atoms with Crippen LogP contribution in [0.5, 0.6) is 11.5 Å². The Morgan fingerprint density at radius 1 is 1.23 bits per heavy atom. The highest BCUT2D eigenvalue weighted by Crippen LogP contribution is 2.24. The number of benzene rings is 1. The molecule has 3 rings (SSSR count). The van der Waals surface area contributed by atoms with Crippen molar-refractivity contribution in [2.24, 2.45) is 4.99 Å². The third kappa shape index (κ3) is 8.50. The summed E-state index contributed by atoms with van der Waals surface area (Å²) >= 11 is 0. The van der Waals surface area contributed by atoms with E-state index in [1.54, 1.807) is 14.2 Å². The lowest BCUT2D eigenvalue weighted by Gasteiger charge is -2.19. The van der Waals surface area contributed by atoms with Crippen molar-refractivity contribution in [3.8, 4) is 11.5 Å². The molecular formula is C23H37IN4O3. The minimum absolute atomic E-state index is 0. The smallest absolute Gasteiger partial charge is 0.191 e. The average Bonchev–Trinajstić information content (AvgIpc) is 3.20. The van der Waals surface area contributed by atoms with Crippen LogP contribution in [0.2, 0.25) is 0 Å². The summed E-state index contributed by atoms with van der Waals surface area (Å²) in [4.78, 5) is 7.25. The molecule has 0 radical (unpaired) electrons. The number of hydrogen-bond donors (Lipinski definition) is 2. The molecule has 2 N–H and O–H groups in total. The summed E-state index contributed by atoms with van der Waals surface area (Å²) in [6.07, 6.45) is 5.34. The maximum atomic E-state index is 5.40. The van der Waals surface area contributed by atoms with Gasteiger partial charge >= 0.3 is 0 Å². The third-order valence-corrected chi connectivity index (χ3v) is 5.54. The molecule has 2 heterocycles. The fraction of sp³-hybridized carbons (Fsp3) is 0.609. The van der Waals surface area contributed by atoms with Gasteiger partial charge in [0.25, 0.3) is 0 Å². The maximum absolute atomic E-state index is 5.40. The summed E-state index contributed by atoms with van der Waals surface area (Å²) in [7, 11) is 3.38. The van der Waals surface area contributed by atoms with Crippen LogP contribution in [0.15, 0.2) is 34.8 Å². The number of rotatable bonds is 9. The maximum Gasteiger partial charge on any atom is 0.191 e. The van der Waals surface area contributed by atoms with Gasteiger partial charge in [-0.3, -0.25) is 9.89 Å². The van der Waals surface area contributed by atoms with Crippen molar-refractivity contribution < 1.29 is 14.2 Å². The number of methoxy groups -OCH3 is 2. The van der Waals surface area contributed by atoms with Gasteiger partial charge in [0.1, 0.15) is 11.5 Å². The van der Waals surface area contributed by atoms with Gasteiger partial charge in [-0.15, -0.1) is 24.0 Å². The summed E-state index contributed by atoms with van der Waals surface area (Å²) in [5.41, 5.74) is 2.67. The Hall–Kier alpha value is -1.52. The van der Waals surface area contributed by atoms with E-state index in [0.29, 0.717) is 6.04 Å². The molecule has 1 saturated heterocycles. The predicted molar refractivity (Wildman–Crippen MR) is 136 cm³/mol. The van der Waals surface area contributed by atoms with Gasteiger partial charge in [-0.1, -0.05) is 11.6 Å². The Morgan fingerprint density at radius 2 is 2.00 bits per heavy atom. The highest BCUT2D eigenvalue weighted by molar-refractivity contribution is 14.0. The van der Waals surface area contributed by atoms with E-state index in [-0.39, 0.29) is 24.0 Å². The van der Waals surface area contributed by atoms with Gasteiger partial charge in [-0.05, 0) is 43.9 Å². The van der Waals surface area contributed by atoms with E-state index >= 15 is 0 Å². The van der Waals surface area contributed by atoms with E-state index < -0.39 is 0 Å². The van der Waals surface area contributed by atoms with Crippen LogP contribution in [0, 0.1) is 0 Å². The number of likely N-dealkylation sites (tertiary alicyclic amines) is 1. The van der Waals surface area contributed by atoms with Crippen LogP contribution < -0.4 is 20.1 Å². The minimum Gasteiger partial charge on any atom is -0.497 e. The molecule has 0 spiro atoms. The van der Waals surface area contributed by atoms with Crippen molar-refractivity contribution in [2.75, 3.05) is 53.6 Å². The van der Waals surface area contributed by atoms with Crippen LogP contribution in [-0.4, -0.2) is 70.5 Å². The first kappa shape index (κ1) is 25.7. The number of nitrogens with zero attached hydrogens (tertiary/aromatic N) is 2. The number of ether oxygens (including phenoxy) is 3. The second kappa shape index (κ2) is 13.8. The summed E-state index contributed by atoms with van der Waals surface area (Å²) in [6.45, 7) is 8.30. The quantitative estimate of drug-likeness (QED) is 0.216. The first-order valence-corrected chi connectivity index (χ1v) is 10.9. The molecule has 31 heavy (non-hydrogen) atoms. The standard InChI is InChI=1S/C23H36N4O3.HI/c1-4-24-23(25-9-5-18-7-11-30-12-8-18)26-20-6-10-27(17-20)16-19-13-21(28-2)15-22(14-19)29-3;/h7,13-15,20H,4-6,8-12,16-17H2,1-3H3,(H2,24,25,26);1H. The van der Waals surface area contributed by atoms with E-state index in [9.17, 15) is 0 Å². The Balaban J connectivity index is 0.00000341. The van der Waals surface area contributed by atoms with Crippen LogP contribution in [0.25, 0.3) is 0 Å². The zero-order valence-electron chi connectivity index (χ0n) is 19.0. The van der Waals surface area contributed by atoms with E-state index in [1.165, 1.54) is 11.1 Å². The second-order valence-corrected chi connectivity index (χ2v) is 7.78. The van der Waals surface area contributed by atoms with E-state index in [0.717, 1.165) is 82.7 Å². The van der Waals surface area contributed by atoms with E-state index in [2.05, 4.69) is 40.7 Å². The molecule has 2 aliphatic heterocycles. The molecule has 174 valence electrons. The van der Waals surface area contributed by atoms with Crippen molar-refractivity contribution >= 4 is 29.9 Å². The number of halogens is 1. The Morgan fingerprint density at radius 3 is 2.65 bits per heavy atom. The molecule has 2 aliphatic rings. The lowest BCUT2D eigenvalue weighted by molar-refractivity contribution is 0.153. The Labute approximate surface area is 203 Å². The monoisotopic (exact) mass is 544 g/mol. The lowest BCUT2D eigenvalue weighted by Crippen LogP contribution is -2.44. The first-order valence-electron chi connectivity index (χ1n) is 10.9. The fourth-order valence-electron chi connectivity index (χ4n) is 3.93. The molecule has 1 aromatic carbocycles. The SMILES string of the molecule is CCNC(=NCCC1=CCOCC1)NC1CCN(Cc2cc(OC)cc(OC)c2)C1.I. The Kier molecular flexibility index (Phi) is 11.5. The predicted octanol–water partition coefficient (Wildman–Crippen LogP) is 3.19. The highest BCUT2D eigenvalue weighted by atomic mass is 127. The molecule has 1 atom stereocenters. The topological polar surface area (TPSA) is 67.4 Å². The number of guanidine groups is 1. The normalized spacial score (nSPS) is 19.4. The largest absolute Gasteiger partial charge is 0.497 e. The lowest BCUT2D eigenvalue weighted by atomic mass is 10.1. The molecule has 1 unspecified atom stereocenters. The van der Waals surface area contributed by atoms with Gasteiger partial charge in [-0.2, -0.15) is 0 Å². The van der Waals surface area contributed by atoms with Crippen LogP contribution >= 0.6 is 24.0 Å². The Bertz CT molecular complexity index is 719. The number of aliphatic imine (C=N–C) groups is 1. The summed E-state index contributed by atoms with van der Waals surface area (Å²) in [5, 5.41) is 7.00. The minimum atomic E-state index is 0. The van der Waals surface area contributed by atoms with E-state index in [4.69, 9.17) is 19.2 Å². The van der Waals surface area contributed by atoms with Gasteiger partial charge in [0, 0.05) is 44.8 Å². The molecular weight excluding hydrogens is 507 g/mol. The second-order valence-electron chi connectivity index (χ2n) is 7.78. The van der Waals surface area contributed by atoms with Crippen LogP contribution in [0.3, 0.4) is 0 Å². The zero-order chi connectivity index (χ0) is 21.2. The van der Waals surface area contributed by atoms with Crippen molar-refractivity contribution in [2.45, 2.75) is 38.8 Å². The first-order chi connectivity index (χ1) is 14.7. The van der Waals surface area contributed by atoms with Crippen LogP contribution in [0.1, 0.15) is 31.7 Å². The number of hydrogen-bond acceptors (Lipinski definition) is 5. The van der Waals surface area contributed by atoms with Gasteiger partial charge < -0.3 is 24.8 Å². The summed E-state index contributed by atoms with van der Waals surface area (Å²) in [5.74, 6) is 2.58. The summed E-state index contributed by atoms with van der Waals surface area (Å²) < 4.78 is 16.2. The molecule has 1 aromatic rings. The molecule has 1 fully saturated rings. The highest BCUT2D eigenvalue weighted by Gasteiger charge is 2.23. The van der Waals surface area contributed by atoms with Gasteiger partial charge in [0.05, 0.1) is 27.4 Å². The molecule has 0 saturated carbocycles. The molecule has 0 bridgehead atoms. The third-order valence-electron chi connectivity index (χ3n) is 5.54. The zero-order valence-corrected chi connectivity index (χ0v) is 21.3. The molecule has 0 amide bonds. The van der Waals surface area contributed by atoms with Crippen LogP contribution in [0.4, 0.5) is 0 Å². The molecule has 0 aromatic heterocycles. The van der Waals surface area contributed by atoms with E-state index in [1.807, 2.05) is 6.07 Å². The van der Waals surface area contributed by atoms with Crippen molar-refractivity contribution in [1.29, 1.82) is 0 Å². The average molecular weight is 544 g/mol. The molecule has 0 aliphatic carbocycles. The molecule has 7 nitrogen and oxygen atoms in total. The summed E-state index contributed by atoms with van der Waals surface area (Å²) in [6, 6.07) is 6.48. The fourth-order valence-corrected chi connectivity index (χ4v) is 3.93.